The van der Waals surface area contributed by atoms with Gasteiger partial charge in [0, 0.05) is 13.7 Å². The van der Waals surface area contributed by atoms with Gasteiger partial charge in [-0.3, -0.25) is 9.59 Å². The number of carbonyl (C=O) groups excluding carboxylic acids is 3. The van der Waals surface area contributed by atoms with Crippen LogP contribution in [0.25, 0.3) is 0 Å². The maximum absolute atomic E-state index is 12.2. The highest BCUT2D eigenvalue weighted by Crippen LogP contribution is 2.50. The minimum Gasteiger partial charge on any atom is -0.385 e. The van der Waals surface area contributed by atoms with Crippen LogP contribution in [0.1, 0.15) is 40.0 Å². The fourth-order valence-corrected chi connectivity index (χ4v) is 2.43. The van der Waals surface area contributed by atoms with Crippen LogP contribution in [0, 0.1) is 5.41 Å². The van der Waals surface area contributed by atoms with Crippen LogP contribution >= 0.6 is 0 Å². The maximum Gasteiger partial charge on any atom is 0.339 e. The summed E-state index contributed by atoms with van der Waals surface area (Å²) in [7, 11) is 1.56. The van der Waals surface area contributed by atoms with Gasteiger partial charge in [0.05, 0.1) is 16.5 Å². The first-order chi connectivity index (χ1) is 10.1. The Morgan fingerprint density at radius 1 is 1.19 bits per heavy atom. The van der Waals surface area contributed by atoms with Crippen LogP contribution in [0.2, 0.25) is 0 Å². The molecule has 0 radical (unpaired) electrons. The molecule has 3 rings (SSSR count). The zero-order chi connectivity index (χ0) is 15.0. The van der Waals surface area contributed by atoms with Crippen molar-refractivity contribution >= 4 is 17.8 Å². The van der Waals surface area contributed by atoms with Crippen molar-refractivity contribution in [2.24, 2.45) is 5.41 Å². The van der Waals surface area contributed by atoms with E-state index in [4.69, 9.17) is 9.57 Å². The predicted molar refractivity (Wildman–Crippen MR) is 71.2 cm³/mol. The van der Waals surface area contributed by atoms with Crippen LogP contribution in [0.5, 0.6) is 0 Å². The third kappa shape index (κ3) is 2.21. The molecule has 0 spiro atoms. The molecule has 1 aliphatic heterocycles. The largest absolute Gasteiger partial charge is 0.385 e. The highest BCUT2D eigenvalue weighted by molar-refractivity contribution is 6.20. The van der Waals surface area contributed by atoms with E-state index in [2.05, 4.69) is 0 Å². The summed E-state index contributed by atoms with van der Waals surface area (Å²) in [5.74, 6) is -1.72. The Morgan fingerprint density at radius 2 is 1.76 bits per heavy atom. The van der Waals surface area contributed by atoms with Gasteiger partial charge in [0.2, 0.25) is 0 Å². The van der Waals surface area contributed by atoms with E-state index in [1.807, 2.05) is 0 Å². The molecule has 1 aromatic rings. The lowest BCUT2D eigenvalue weighted by molar-refractivity contribution is -0.176. The number of methoxy groups -OCH3 is 1. The van der Waals surface area contributed by atoms with Crippen LogP contribution < -0.4 is 0 Å². The first-order valence-electron chi connectivity index (χ1n) is 6.78. The molecule has 2 aliphatic rings. The van der Waals surface area contributed by atoms with Crippen molar-refractivity contribution in [3.05, 3.63) is 35.4 Å². The van der Waals surface area contributed by atoms with Gasteiger partial charge in [0.1, 0.15) is 0 Å². The van der Waals surface area contributed by atoms with Crippen molar-refractivity contribution in [3.63, 3.8) is 0 Å². The first-order valence-corrected chi connectivity index (χ1v) is 6.78. The number of fused-ring (bicyclic) bond motifs is 1. The quantitative estimate of drug-likeness (QED) is 0.769. The second-order valence-electron chi connectivity index (χ2n) is 5.35. The number of amides is 2. The molecule has 0 saturated heterocycles. The smallest absolute Gasteiger partial charge is 0.339 e. The van der Waals surface area contributed by atoms with Gasteiger partial charge in [-0.15, -0.1) is 0 Å². The highest BCUT2D eigenvalue weighted by Gasteiger charge is 2.53. The molecule has 1 aliphatic carbocycles. The molecular formula is C15H15NO5. The van der Waals surface area contributed by atoms with Gasteiger partial charge in [-0.25, -0.2) is 4.79 Å². The number of benzene rings is 1. The van der Waals surface area contributed by atoms with Crippen LogP contribution in [0.4, 0.5) is 0 Å². The molecule has 0 bridgehead atoms. The van der Waals surface area contributed by atoms with Gasteiger partial charge in [-0.1, -0.05) is 17.2 Å². The summed E-state index contributed by atoms with van der Waals surface area (Å²) in [6, 6.07) is 6.41. The summed E-state index contributed by atoms with van der Waals surface area (Å²) in [5.41, 5.74) is -0.0835. The standard InChI is InChI=1S/C15H15NO5/c1-20-9-8-15(6-7-15)14(19)21-16-12(17)10-4-2-3-5-11(10)13(16)18/h2-5H,6-9H2,1H3. The summed E-state index contributed by atoms with van der Waals surface area (Å²) >= 11 is 0. The molecule has 0 unspecified atom stereocenters. The summed E-state index contributed by atoms with van der Waals surface area (Å²) < 4.78 is 4.98. The Labute approximate surface area is 121 Å². The Hall–Kier alpha value is -2.21. The SMILES string of the molecule is COCCC1(C(=O)ON2C(=O)c3ccccc3C2=O)CC1. The Morgan fingerprint density at radius 3 is 2.24 bits per heavy atom. The summed E-state index contributed by atoms with van der Waals surface area (Å²) in [6.45, 7) is 0.442. The Kier molecular flexibility index (Phi) is 3.25. The summed E-state index contributed by atoms with van der Waals surface area (Å²) in [5, 5.41) is 0.569. The molecule has 6 nitrogen and oxygen atoms in total. The summed E-state index contributed by atoms with van der Waals surface area (Å²) in [6.07, 6.45) is 1.92. The second-order valence-corrected chi connectivity index (χ2v) is 5.35. The van der Waals surface area contributed by atoms with E-state index in [-0.39, 0.29) is 11.1 Å². The average molecular weight is 289 g/mol. The van der Waals surface area contributed by atoms with Crippen molar-refractivity contribution < 1.29 is 24.0 Å². The Bertz CT molecular complexity index is 585. The average Bonchev–Trinajstić information content (AvgIpc) is 3.26. The van der Waals surface area contributed by atoms with E-state index in [9.17, 15) is 14.4 Å². The normalized spacial score (nSPS) is 18.6. The van der Waals surface area contributed by atoms with E-state index in [1.54, 1.807) is 31.4 Å². The van der Waals surface area contributed by atoms with Gasteiger partial charge >= 0.3 is 5.97 Å². The lowest BCUT2D eigenvalue weighted by Crippen LogP contribution is -2.36. The lowest BCUT2D eigenvalue weighted by atomic mass is 10.0. The van der Waals surface area contributed by atoms with Crippen molar-refractivity contribution in [2.75, 3.05) is 13.7 Å². The zero-order valence-electron chi connectivity index (χ0n) is 11.6. The fourth-order valence-electron chi connectivity index (χ4n) is 2.43. The molecule has 1 heterocycles. The molecular weight excluding hydrogens is 274 g/mol. The number of hydrogen-bond donors (Lipinski definition) is 0. The van der Waals surface area contributed by atoms with Crippen molar-refractivity contribution in [1.29, 1.82) is 0 Å². The van der Waals surface area contributed by atoms with Gasteiger partial charge in [0.25, 0.3) is 11.8 Å². The van der Waals surface area contributed by atoms with E-state index in [0.29, 0.717) is 30.9 Å². The van der Waals surface area contributed by atoms with Gasteiger partial charge in [-0.05, 0) is 31.4 Å². The van der Waals surface area contributed by atoms with E-state index in [1.165, 1.54) is 0 Å². The number of carbonyl (C=O) groups is 3. The third-order valence-electron chi connectivity index (χ3n) is 4.00. The minimum absolute atomic E-state index is 0.261. The maximum atomic E-state index is 12.2. The summed E-state index contributed by atoms with van der Waals surface area (Å²) in [4.78, 5) is 41.5. The molecule has 2 amide bonds. The van der Waals surface area contributed by atoms with Gasteiger partial charge < -0.3 is 9.57 Å². The molecule has 1 aromatic carbocycles. The van der Waals surface area contributed by atoms with Crippen molar-refractivity contribution in [3.8, 4) is 0 Å². The van der Waals surface area contributed by atoms with Crippen LogP contribution in [-0.2, 0) is 14.4 Å². The van der Waals surface area contributed by atoms with Gasteiger partial charge in [0.15, 0.2) is 0 Å². The number of nitrogens with zero attached hydrogens (tertiary/aromatic N) is 1. The van der Waals surface area contributed by atoms with E-state index < -0.39 is 23.2 Å². The van der Waals surface area contributed by atoms with E-state index in [0.717, 1.165) is 0 Å². The first kappa shape index (κ1) is 13.8. The van der Waals surface area contributed by atoms with Gasteiger partial charge in [-0.2, -0.15) is 0 Å². The molecule has 1 saturated carbocycles. The van der Waals surface area contributed by atoms with E-state index >= 15 is 0 Å². The van der Waals surface area contributed by atoms with Crippen molar-refractivity contribution in [1.82, 2.24) is 5.06 Å². The minimum atomic E-state index is -0.606. The molecule has 0 aromatic heterocycles. The lowest BCUT2D eigenvalue weighted by Gasteiger charge is -2.17. The monoisotopic (exact) mass is 289 g/mol. The molecule has 1 fully saturated rings. The molecule has 110 valence electrons. The molecule has 0 N–H and O–H groups in total. The predicted octanol–water partition coefficient (Wildman–Crippen LogP) is 1.56. The number of hydroxylamine groups is 2. The molecule has 21 heavy (non-hydrogen) atoms. The molecule has 6 heteroatoms. The van der Waals surface area contributed by atoms with Crippen LogP contribution in [0.3, 0.4) is 0 Å². The Balaban J connectivity index is 1.74. The van der Waals surface area contributed by atoms with Crippen LogP contribution in [0.15, 0.2) is 24.3 Å². The van der Waals surface area contributed by atoms with Crippen molar-refractivity contribution in [2.45, 2.75) is 19.3 Å². The number of imide groups is 1. The third-order valence-corrected chi connectivity index (χ3v) is 4.00. The fraction of sp³-hybridized carbons (Fsp3) is 0.400. The van der Waals surface area contributed by atoms with Crippen LogP contribution in [-0.4, -0.2) is 36.6 Å². The second kappa shape index (κ2) is 4.96. The highest BCUT2D eigenvalue weighted by atomic mass is 16.7. The number of ether oxygens (including phenoxy) is 1. The number of rotatable bonds is 5. The topological polar surface area (TPSA) is 72.9 Å². The molecule has 0 atom stereocenters. The number of hydrogen-bond acceptors (Lipinski definition) is 5. The zero-order valence-corrected chi connectivity index (χ0v) is 11.6.